The van der Waals surface area contributed by atoms with E-state index >= 15 is 4.39 Å². The molecule has 1 aliphatic heterocycles. The summed E-state index contributed by atoms with van der Waals surface area (Å²) in [6.07, 6.45) is 1.83. The van der Waals surface area contributed by atoms with Crippen molar-refractivity contribution < 1.29 is 13.5 Å². The molecule has 0 amide bonds. The van der Waals surface area contributed by atoms with Gasteiger partial charge in [-0.1, -0.05) is 108 Å². The summed E-state index contributed by atoms with van der Waals surface area (Å²) in [7, 11) is 0. The van der Waals surface area contributed by atoms with Crippen LogP contribution in [0.2, 0.25) is 0 Å². The number of ether oxygens (including phenoxy) is 1. The molecule has 11 aromatic rings. The fourth-order valence-corrected chi connectivity index (χ4v) is 10.8. The lowest BCUT2D eigenvalue weighted by atomic mass is 9.87. The molecule has 8 heteroatoms. The molecule has 71 heavy (non-hydrogen) atoms. The van der Waals surface area contributed by atoms with Crippen LogP contribution in [0.25, 0.3) is 66.2 Å². The summed E-state index contributed by atoms with van der Waals surface area (Å²) in [4.78, 5) is 9.63. The summed E-state index contributed by atoms with van der Waals surface area (Å²) in [5, 5.41) is 4.61. The van der Waals surface area contributed by atoms with E-state index in [1.807, 2.05) is 24.4 Å². The summed E-state index contributed by atoms with van der Waals surface area (Å²) in [5.74, 6) is 1.53. The van der Waals surface area contributed by atoms with Crippen LogP contribution in [0, 0.1) is 11.6 Å². The maximum Gasteiger partial charge on any atom is 0.137 e. The number of aromatic nitrogens is 3. The van der Waals surface area contributed by atoms with Gasteiger partial charge in [-0.2, -0.15) is 0 Å². The maximum absolute atomic E-state index is 15.6. The Hall–Kier alpha value is -8.23. The maximum atomic E-state index is 15.6. The van der Waals surface area contributed by atoms with Crippen LogP contribution in [0.4, 0.5) is 31.5 Å². The van der Waals surface area contributed by atoms with Crippen molar-refractivity contribution in [1.82, 2.24) is 14.1 Å². The lowest BCUT2D eigenvalue weighted by Gasteiger charge is -2.30. The lowest BCUT2D eigenvalue weighted by Crippen LogP contribution is -2.26. The number of anilines is 4. The van der Waals surface area contributed by atoms with Crippen molar-refractivity contribution in [3.05, 3.63) is 210 Å². The van der Waals surface area contributed by atoms with E-state index in [2.05, 4.69) is 200 Å². The van der Waals surface area contributed by atoms with Gasteiger partial charge in [-0.25, -0.2) is 13.8 Å². The van der Waals surface area contributed by atoms with E-state index in [1.54, 1.807) is 6.07 Å². The molecule has 0 unspecified atom stereocenters. The van der Waals surface area contributed by atoms with Gasteiger partial charge in [0.2, 0.25) is 0 Å². The van der Waals surface area contributed by atoms with E-state index in [-0.39, 0.29) is 11.8 Å². The number of pyridine rings is 1. The second-order valence-electron chi connectivity index (χ2n) is 19.7. The molecule has 0 saturated carbocycles. The molecule has 4 heterocycles. The summed E-state index contributed by atoms with van der Waals surface area (Å²) in [5.41, 5.74) is 14.0. The van der Waals surface area contributed by atoms with Crippen molar-refractivity contribution in [2.24, 2.45) is 0 Å². The Bertz CT molecular complexity index is 3790. The molecular weight excluding hydrogens is 881 g/mol. The SMILES string of the molecule is CC(C)c1ccc2c(c1)N(c1c(C(C)C)cc(-c3ccc(F)cc3F)cc1C(C)C)CN2c1cc(Oc2ccc3c4ccccc4n(-c4ccccn4)c3c2)cc(-n2c3ccccc3c3ccccc32)c1. The van der Waals surface area contributed by atoms with Crippen LogP contribution in [0.1, 0.15) is 76.0 Å². The van der Waals surface area contributed by atoms with Gasteiger partial charge in [0.25, 0.3) is 0 Å². The van der Waals surface area contributed by atoms with E-state index in [1.165, 1.54) is 22.4 Å². The first kappa shape index (κ1) is 44.0. The first-order valence-corrected chi connectivity index (χ1v) is 24.6. The standard InChI is InChI=1S/C63H53F2N5O/c1-38(2)41-22-27-59-61(31-41)68(63-53(39(3)4)29-42(30-54(63)40(5)6)48-25-23-43(64)32-55(48)65)37-67(59)44-33-45(69-56-18-10-7-15-49(56)50-16-8-11-19-57(50)69)35-47(34-44)71-46-24-26-52-51-17-9-12-20-58(51)70(60(52)36-46)62-21-13-14-28-66-62/h7-36,38-40H,37H2,1-6H3. The molecule has 0 fully saturated rings. The zero-order valence-electron chi connectivity index (χ0n) is 40.7. The van der Waals surface area contributed by atoms with Crippen molar-refractivity contribution in [3.8, 4) is 34.1 Å². The van der Waals surface area contributed by atoms with Crippen LogP contribution in [-0.4, -0.2) is 20.8 Å². The van der Waals surface area contributed by atoms with E-state index in [0.29, 0.717) is 29.6 Å². The quantitative estimate of drug-likeness (QED) is 0.137. The number of fused-ring (bicyclic) bond motifs is 7. The zero-order valence-corrected chi connectivity index (χ0v) is 40.7. The number of hydrogen-bond donors (Lipinski definition) is 0. The van der Waals surface area contributed by atoms with Crippen LogP contribution in [0.5, 0.6) is 11.5 Å². The fraction of sp³-hybridized carbons (Fsp3) is 0.159. The average molecular weight is 934 g/mol. The third kappa shape index (κ3) is 7.48. The predicted octanol–water partition coefficient (Wildman–Crippen LogP) is 17.6. The smallest absolute Gasteiger partial charge is 0.137 e. The zero-order chi connectivity index (χ0) is 48.7. The second kappa shape index (κ2) is 17.3. The van der Waals surface area contributed by atoms with Crippen LogP contribution in [-0.2, 0) is 0 Å². The number of benzene rings is 8. The molecule has 6 nitrogen and oxygen atoms in total. The van der Waals surface area contributed by atoms with Gasteiger partial charge in [0, 0.05) is 68.9 Å². The predicted molar refractivity (Wildman–Crippen MR) is 289 cm³/mol. The number of rotatable bonds is 10. The van der Waals surface area contributed by atoms with Crippen LogP contribution >= 0.6 is 0 Å². The molecule has 3 aromatic heterocycles. The summed E-state index contributed by atoms with van der Waals surface area (Å²) >= 11 is 0. The monoisotopic (exact) mass is 933 g/mol. The summed E-state index contributed by atoms with van der Waals surface area (Å²) in [6.45, 7) is 13.7. The van der Waals surface area contributed by atoms with Crippen molar-refractivity contribution in [1.29, 1.82) is 0 Å². The van der Waals surface area contributed by atoms with Crippen LogP contribution in [0.15, 0.2) is 182 Å². The first-order valence-electron chi connectivity index (χ1n) is 24.6. The van der Waals surface area contributed by atoms with Gasteiger partial charge in [0.1, 0.15) is 35.6 Å². The highest BCUT2D eigenvalue weighted by Crippen LogP contribution is 2.51. The molecule has 0 bridgehead atoms. The Morgan fingerprint density at radius 3 is 1.72 bits per heavy atom. The molecule has 12 rings (SSSR count). The molecule has 350 valence electrons. The molecule has 0 saturated heterocycles. The average Bonchev–Trinajstić information content (AvgIpc) is 4.04. The molecule has 8 aromatic carbocycles. The van der Waals surface area contributed by atoms with E-state index < -0.39 is 11.6 Å². The van der Waals surface area contributed by atoms with Crippen molar-refractivity contribution in [3.63, 3.8) is 0 Å². The molecule has 0 N–H and O–H groups in total. The van der Waals surface area contributed by atoms with E-state index in [4.69, 9.17) is 9.72 Å². The second-order valence-corrected chi connectivity index (χ2v) is 19.7. The normalized spacial score (nSPS) is 12.8. The minimum Gasteiger partial charge on any atom is -0.457 e. The van der Waals surface area contributed by atoms with Gasteiger partial charge in [-0.15, -0.1) is 0 Å². The van der Waals surface area contributed by atoms with Crippen LogP contribution in [0.3, 0.4) is 0 Å². The van der Waals surface area contributed by atoms with Crippen molar-refractivity contribution in [2.45, 2.75) is 59.3 Å². The number of hydrogen-bond acceptors (Lipinski definition) is 4. The fourth-order valence-electron chi connectivity index (χ4n) is 10.8. The highest BCUT2D eigenvalue weighted by Gasteiger charge is 2.34. The summed E-state index contributed by atoms with van der Waals surface area (Å²) < 4.78 is 41.5. The number of para-hydroxylation sites is 3. The first-order chi connectivity index (χ1) is 34.5. The topological polar surface area (TPSA) is 38.5 Å². The number of nitrogens with zero attached hydrogens (tertiary/aromatic N) is 5. The third-order valence-corrected chi connectivity index (χ3v) is 14.2. The van der Waals surface area contributed by atoms with Gasteiger partial charge in [0.15, 0.2) is 0 Å². The molecule has 0 spiro atoms. The Balaban J connectivity index is 1.06. The molecular formula is C63H53F2N5O. The summed E-state index contributed by atoms with van der Waals surface area (Å²) in [6, 6.07) is 59.5. The van der Waals surface area contributed by atoms with Gasteiger partial charge in [0.05, 0.1) is 39.1 Å². The van der Waals surface area contributed by atoms with Gasteiger partial charge < -0.3 is 19.1 Å². The largest absolute Gasteiger partial charge is 0.457 e. The Labute approximate surface area is 412 Å². The van der Waals surface area contributed by atoms with Gasteiger partial charge in [-0.05, 0) is 125 Å². The van der Waals surface area contributed by atoms with Gasteiger partial charge in [-0.3, -0.25) is 4.57 Å². The Morgan fingerprint density at radius 2 is 1.10 bits per heavy atom. The third-order valence-electron chi connectivity index (χ3n) is 14.2. The van der Waals surface area contributed by atoms with E-state index in [9.17, 15) is 4.39 Å². The molecule has 0 aliphatic carbocycles. The molecule has 1 aliphatic rings. The number of halogens is 2. The van der Waals surface area contributed by atoms with E-state index in [0.717, 1.165) is 89.9 Å². The highest BCUT2D eigenvalue weighted by atomic mass is 19.1. The van der Waals surface area contributed by atoms with Crippen molar-refractivity contribution in [2.75, 3.05) is 16.5 Å². The molecule has 0 radical (unpaired) electrons. The Kier molecular flexibility index (Phi) is 10.7. The van der Waals surface area contributed by atoms with Crippen molar-refractivity contribution >= 4 is 66.4 Å². The minimum atomic E-state index is -0.591. The van der Waals surface area contributed by atoms with Crippen LogP contribution < -0.4 is 14.5 Å². The highest BCUT2D eigenvalue weighted by molar-refractivity contribution is 6.10. The Morgan fingerprint density at radius 1 is 0.479 bits per heavy atom. The minimum absolute atomic E-state index is 0.0871. The lowest BCUT2D eigenvalue weighted by molar-refractivity contribution is 0.483. The van der Waals surface area contributed by atoms with Gasteiger partial charge >= 0.3 is 0 Å². The molecule has 0 atom stereocenters.